The Labute approximate surface area is 108 Å². The Balaban J connectivity index is 2.02. The standard InChI is InChI=1S/C14H20N2O2/c1-11(17)15-12-5-7-13(8-6-12)16-9-3-4-14(10-16)18-2/h5-8,14H,3-4,9-10H2,1-2H3,(H,15,17)/t14-/m0/s1. The van der Waals surface area contributed by atoms with E-state index in [-0.39, 0.29) is 5.91 Å². The fraction of sp³-hybridized carbons (Fsp3) is 0.500. The number of methoxy groups -OCH3 is 1. The highest BCUT2D eigenvalue weighted by molar-refractivity contribution is 5.88. The summed E-state index contributed by atoms with van der Waals surface area (Å²) < 4.78 is 5.42. The van der Waals surface area contributed by atoms with Gasteiger partial charge in [-0.15, -0.1) is 0 Å². The van der Waals surface area contributed by atoms with Crippen molar-refractivity contribution in [1.29, 1.82) is 0 Å². The number of amides is 1. The van der Waals surface area contributed by atoms with Crippen LogP contribution in [0.2, 0.25) is 0 Å². The molecule has 0 spiro atoms. The lowest BCUT2D eigenvalue weighted by Crippen LogP contribution is -2.39. The van der Waals surface area contributed by atoms with Crippen LogP contribution in [0.3, 0.4) is 0 Å². The molecule has 0 aromatic heterocycles. The van der Waals surface area contributed by atoms with Crippen LogP contribution < -0.4 is 10.2 Å². The van der Waals surface area contributed by atoms with Crippen LogP contribution in [0.1, 0.15) is 19.8 Å². The number of piperidine rings is 1. The van der Waals surface area contributed by atoms with Gasteiger partial charge in [-0.1, -0.05) is 0 Å². The van der Waals surface area contributed by atoms with Gasteiger partial charge < -0.3 is 15.0 Å². The van der Waals surface area contributed by atoms with Crippen molar-refractivity contribution in [3.05, 3.63) is 24.3 Å². The van der Waals surface area contributed by atoms with Gasteiger partial charge in [0.05, 0.1) is 6.10 Å². The van der Waals surface area contributed by atoms with Crippen LogP contribution in [0.5, 0.6) is 0 Å². The lowest BCUT2D eigenvalue weighted by molar-refractivity contribution is -0.114. The Morgan fingerprint density at radius 1 is 1.39 bits per heavy atom. The van der Waals surface area contributed by atoms with Gasteiger partial charge in [0.1, 0.15) is 0 Å². The molecular formula is C14H20N2O2. The predicted octanol–water partition coefficient (Wildman–Crippen LogP) is 2.26. The Morgan fingerprint density at radius 2 is 2.11 bits per heavy atom. The molecule has 1 saturated heterocycles. The summed E-state index contributed by atoms with van der Waals surface area (Å²) >= 11 is 0. The van der Waals surface area contributed by atoms with Crippen LogP contribution in [0, 0.1) is 0 Å². The number of nitrogens with one attached hydrogen (secondary N) is 1. The van der Waals surface area contributed by atoms with E-state index >= 15 is 0 Å². The molecule has 2 rings (SSSR count). The quantitative estimate of drug-likeness (QED) is 0.892. The minimum atomic E-state index is -0.0415. The van der Waals surface area contributed by atoms with Crippen LogP contribution in [-0.4, -0.2) is 32.2 Å². The second-order valence-electron chi connectivity index (χ2n) is 4.67. The molecule has 4 nitrogen and oxygen atoms in total. The van der Waals surface area contributed by atoms with Crippen LogP contribution in [-0.2, 0) is 9.53 Å². The van der Waals surface area contributed by atoms with Crippen molar-refractivity contribution in [3.8, 4) is 0 Å². The summed E-state index contributed by atoms with van der Waals surface area (Å²) in [5, 5.41) is 2.77. The number of hydrogen-bond donors (Lipinski definition) is 1. The van der Waals surface area contributed by atoms with Crippen molar-refractivity contribution in [2.45, 2.75) is 25.9 Å². The van der Waals surface area contributed by atoms with E-state index in [0.717, 1.165) is 31.6 Å². The minimum absolute atomic E-state index is 0.0415. The fourth-order valence-electron chi connectivity index (χ4n) is 2.32. The van der Waals surface area contributed by atoms with E-state index in [1.54, 1.807) is 7.11 Å². The molecule has 4 heteroatoms. The second-order valence-corrected chi connectivity index (χ2v) is 4.67. The van der Waals surface area contributed by atoms with Crippen LogP contribution in [0.15, 0.2) is 24.3 Å². The Bertz CT molecular complexity index is 403. The molecule has 1 atom stereocenters. The Hall–Kier alpha value is -1.55. The lowest BCUT2D eigenvalue weighted by atomic mass is 10.1. The van der Waals surface area contributed by atoms with Gasteiger partial charge in [-0.25, -0.2) is 0 Å². The molecule has 0 radical (unpaired) electrons. The number of rotatable bonds is 3. The fourth-order valence-corrected chi connectivity index (χ4v) is 2.32. The van der Waals surface area contributed by atoms with E-state index in [4.69, 9.17) is 4.74 Å². The third kappa shape index (κ3) is 3.23. The number of nitrogens with zero attached hydrogens (tertiary/aromatic N) is 1. The third-order valence-electron chi connectivity index (χ3n) is 3.26. The molecule has 0 bridgehead atoms. The molecule has 1 heterocycles. The lowest BCUT2D eigenvalue weighted by Gasteiger charge is -2.33. The van der Waals surface area contributed by atoms with Gasteiger partial charge in [-0.05, 0) is 37.1 Å². The summed E-state index contributed by atoms with van der Waals surface area (Å²) in [7, 11) is 1.77. The summed E-state index contributed by atoms with van der Waals surface area (Å²) in [5.41, 5.74) is 2.03. The summed E-state index contributed by atoms with van der Waals surface area (Å²) in [6.45, 7) is 3.52. The number of carbonyl (C=O) groups excluding carboxylic acids is 1. The maximum absolute atomic E-state index is 10.9. The van der Waals surface area contributed by atoms with Gasteiger partial charge in [0, 0.05) is 38.5 Å². The maximum Gasteiger partial charge on any atom is 0.221 e. The van der Waals surface area contributed by atoms with E-state index in [1.807, 2.05) is 24.3 Å². The number of anilines is 2. The minimum Gasteiger partial charge on any atom is -0.380 e. The first-order valence-electron chi connectivity index (χ1n) is 6.34. The molecule has 1 fully saturated rings. The number of ether oxygens (including phenoxy) is 1. The van der Waals surface area contributed by atoms with Gasteiger partial charge >= 0.3 is 0 Å². The second kappa shape index (κ2) is 5.87. The first kappa shape index (κ1) is 12.9. The average molecular weight is 248 g/mol. The van der Waals surface area contributed by atoms with Gasteiger partial charge in [-0.3, -0.25) is 4.79 Å². The highest BCUT2D eigenvalue weighted by Crippen LogP contribution is 2.22. The first-order chi connectivity index (χ1) is 8.69. The van der Waals surface area contributed by atoms with Crippen molar-refractivity contribution < 1.29 is 9.53 Å². The molecule has 0 saturated carbocycles. The molecule has 1 aromatic rings. The van der Waals surface area contributed by atoms with E-state index in [1.165, 1.54) is 12.6 Å². The van der Waals surface area contributed by atoms with Gasteiger partial charge in [0.15, 0.2) is 0 Å². The molecule has 1 amide bonds. The molecule has 1 N–H and O–H groups in total. The summed E-state index contributed by atoms with van der Waals surface area (Å²) in [5.74, 6) is -0.0415. The van der Waals surface area contributed by atoms with E-state index in [2.05, 4.69) is 10.2 Å². The number of benzene rings is 1. The van der Waals surface area contributed by atoms with Crippen molar-refractivity contribution >= 4 is 17.3 Å². The number of carbonyl (C=O) groups is 1. The molecule has 0 aliphatic carbocycles. The molecular weight excluding hydrogens is 228 g/mol. The smallest absolute Gasteiger partial charge is 0.221 e. The highest BCUT2D eigenvalue weighted by Gasteiger charge is 2.19. The van der Waals surface area contributed by atoms with Crippen molar-refractivity contribution in [3.63, 3.8) is 0 Å². The Morgan fingerprint density at radius 3 is 2.72 bits per heavy atom. The Kier molecular flexibility index (Phi) is 4.20. The first-order valence-corrected chi connectivity index (χ1v) is 6.34. The number of hydrogen-bond acceptors (Lipinski definition) is 3. The van der Waals surface area contributed by atoms with Gasteiger partial charge in [0.25, 0.3) is 0 Å². The zero-order valence-electron chi connectivity index (χ0n) is 11.0. The largest absolute Gasteiger partial charge is 0.380 e. The SMILES string of the molecule is CO[C@H]1CCCN(c2ccc(NC(C)=O)cc2)C1. The van der Waals surface area contributed by atoms with E-state index < -0.39 is 0 Å². The molecule has 1 aliphatic rings. The summed E-state index contributed by atoms with van der Waals surface area (Å²) in [6.07, 6.45) is 2.62. The summed E-state index contributed by atoms with van der Waals surface area (Å²) in [6, 6.07) is 7.97. The van der Waals surface area contributed by atoms with Crippen molar-refractivity contribution in [2.24, 2.45) is 0 Å². The van der Waals surface area contributed by atoms with Gasteiger partial charge in [0.2, 0.25) is 5.91 Å². The molecule has 98 valence electrons. The topological polar surface area (TPSA) is 41.6 Å². The van der Waals surface area contributed by atoms with Gasteiger partial charge in [-0.2, -0.15) is 0 Å². The maximum atomic E-state index is 10.9. The molecule has 1 aliphatic heterocycles. The van der Waals surface area contributed by atoms with Crippen molar-refractivity contribution in [1.82, 2.24) is 0 Å². The zero-order valence-corrected chi connectivity index (χ0v) is 11.0. The average Bonchev–Trinajstić information content (AvgIpc) is 2.39. The molecule has 18 heavy (non-hydrogen) atoms. The van der Waals surface area contributed by atoms with Crippen LogP contribution in [0.4, 0.5) is 11.4 Å². The normalized spacial score (nSPS) is 19.7. The van der Waals surface area contributed by atoms with E-state index in [9.17, 15) is 4.79 Å². The monoisotopic (exact) mass is 248 g/mol. The highest BCUT2D eigenvalue weighted by atomic mass is 16.5. The third-order valence-corrected chi connectivity index (χ3v) is 3.26. The molecule has 0 unspecified atom stereocenters. The predicted molar refractivity (Wildman–Crippen MR) is 73.0 cm³/mol. The molecule has 1 aromatic carbocycles. The summed E-state index contributed by atoms with van der Waals surface area (Å²) in [4.78, 5) is 13.3. The van der Waals surface area contributed by atoms with Crippen LogP contribution in [0.25, 0.3) is 0 Å². The zero-order chi connectivity index (χ0) is 13.0. The van der Waals surface area contributed by atoms with Crippen LogP contribution >= 0.6 is 0 Å². The van der Waals surface area contributed by atoms with Crippen molar-refractivity contribution in [2.75, 3.05) is 30.4 Å². The van der Waals surface area contributed by atoms with E-state index in [0.29, 0.717) is 6.10 Å².